The fraction of sp³-hybridized carbons (Fsp3) is 0.800. The lowest BCUT2D eigenvalue weighted by atomic mass is 10.2. The third-order valence-corrected chi connectivity index (χ3v) is 0.950. The van der Waals surface area contributed by atoms with Crippen molar-refractivity contribution in [3.8, 4) is 0 Å². The molecule has 9 heavy (non-hydrogen) atoms. The first-order chi connectivity index (χ1) is 4.29. The van der Waals surface area contributed by atoms with Crippen molar-refractivity contribution in [1.29, 1.82) is 0 Å². The van der Waals surface area contributed by atoms with Gasteiger partial charge in [0.25, 0.3) is 0 Å². The quantitative estimate of drug-likeness (QED) is 0.557. The summed E-state index contributed by atoms with van der Waals surface area (Å²) in [6.07, 6.45) is 1.57. The highest BCUT2D eigenvalue weighted by Gasteiger charge is 2.02. The lowest BCUT2D eigenvalue weighted by molar-refractivity contribution is -0.809. The number of aromatic nitrogens is 4. The highest BCUT2D eigenvalue weighted by atomic mass is 15.6. The summed E-state index contributed by atoms with van der Waals surface area (Å²) in [5.74, 6) is 0.603. The molecule has 0 spiro atoms. The second-order valence-electron chi connectivity index (χ2n) is 2.42. The molecule has 0 radical (unpaired) electrons. The zero-order chi connectivity index (χ0) is 6.69. The van der Waals surface area contributed by atoms with Gasteiger partial charge in [-0.1, -0.05) is 13.8 Å². The van der Waals surface area contributed by atoms with Crippen molar-refractivity contribution >= 4 is 0 Å². The van der Waals surface area contributed by atoms with Crippen LogP contribution in [-0.2, 0) is 6.54 Å². The van der Waals surface area contributed by atoms with Crippen LogP contribution >= 0.6 is 0 Å². The zero-order valence-corrected chi connectivity index (χ0v) is 5.70. The van der Waals surface area contributed by atoms with Crippen molar-refractivity contribution in [3.63, 3.8) is 0 Å². The largest absolute Gasteiger partial charge is 0.244 e. The van der Waals surface area contributed by atoms with E-state index in [0.717, 1.165) is 6.54 Å². The molecule has 4 nitrogen and oxygen atoms in total. The van der Waals surface area contributed by atoms with Crippen molar-refractivity contribution in [3.05, 3.63) is 6.33 Å². The van der Waals surface area contributed by atoms with E-state index in [9.17, 15) is 0 Å². The Morgan fingerprint density at radius 2 is 2.44 bits per heavy atom. The smallest absolute Gasteiger partial charge is 0.131 e. The zero-order valence-electron chi connectivity index (χ0n) is 5.70. The summed E-state index contributed by atoms with van der Waals surface area (Å²) in [6.45, 7) is 5.14. The van der Waals surface area contributed by atoms with E-state index in [1.54, 1.807) is 11.1 Å². The summed E-state index contributed by atoms with van der Waals surface area (Å²) in [7, 11) is 0. The Morgan fingerprint density at radius 1 is 1.67 bits per heavy atom. The van der Waals surface area contributed by atoms with Gasteiger partial charge < -0.3 is 0 Å². The molecule has 0 aliphatic rings. The Kier molecular flexibility index (Phi) is 1.77. The van der Waals surface area contributed by atoms with Crippen LogP contribution in [0.5, 0.6) is 0 Å². The number of hydrogen-bond donors (Lipinski definition) is 1. The van der Waals surface area contributed by atoms with Crippen LogP contribution in [0.3, 0.4) is 0 Å². The molecule has 0 unspecified atom stereocenters. The summed E-state index contributed by atoms with van der Waals surface area (Å²) >= 11 is 0. The number of hydrogen-bond acceptors (Lipinski definition) is 2. The van der Waals surface area contributed by atoms with Gasteiger partial charge >= 0.3 is 0 Å². The first kappa shape index (κ1) is 6.19. The summed E-state index contributed by atoms with van der Waals surface area (Å²) in [4.78, 5) is 1.64. The third-order valence-electron chi connectivity index (χ3n) is 0.950. The predicted octanol–water partition coefficient (Wildman–Crippen LogP) is -0.252. The standard InChI is InChI=1S/C5H10N4/c1-5(2)3-9-7-4-6-8-9/h4-5H,3H2,1-2H3/p+1. The molecule has 0 aliphatic carbocycles. The minimum absolute atomic E-state index is 0.603. The number of H-pyrrole nitrogens is 1. The van der Waals surface area contributed by atoms with Crippen molar-refractivity contribution in [2.45, 2.75) is 20.4 Å². The number of rotatable bonds is 2. The maximum absolute atomic E-state index is 3.91. The van der Waals surface area contributed by atoms with Crippen molar-refractivity contribution in [1.82, 2.24) is 15.4 Å². The molecule has 0 saturated carbocycles. The molecule has 1 N–H and O–H groups in total. The van der Waals surface area contributed by atoms with E-state index < -0.39 is 0 Å². The molecule has 1 aromatic rings. The van der Waals surface area contributed by atoms with Crippen LogP contribution in [0.15, 0.2) is 6.33 Å². The lowest BCUT2D eigenvalue weighted by Crippen LogP contribution is -2.41. The molecule has 0 atom stereocenters. The predicted molar refractivity (Wildman–Crippen MR) is 31.4 cm³/mol. The van der Waals surface area contributed by atoms with Crippen LogP contribution in [0.25, 0.3) is 0 Å². The molecule has 0 bridgehead atoms. The highest BCUT2D eigenvalue weighted by Crippen LogP contribution is 1.86. The molecule has 0 fully saturated rings. The fourth-order valence-corrected chi connectivity index (χ4v) is 0.625. The van der Waals surface area contributed by atoms with Gasteiger partial charge in [-0.25, -0.2) is 0 Å². The van der Waals surface area contributed by atoms with E-state index in [1.807, 2.05) is 0 Å². The van der Waals surface area contributed by atoms with E-state index in [4.69, 9.17) is 0 Å². The molecule has 0 aromatic carbocycles. The summed E-state index contributed by atoms with van der Waals surface area (Å²) in [5, 5.41) is 10.4. The van der Waals surface area contributed by atoms with Gasteiger partial charge in [-0.15, -0.1) is 5.10 Å². The van der Waals surface area contributed by atoms with Crippen molar-refractivity contribution < 1.29 is 4.80 Å². The Hall–Kier alpha value is -0.930. The molecule has 4 heteroatoms. The van der Waals surface area contributed by atoms with Crippen LogP contribution < -0.4 is 4.80 Å². The van der Waals surface area contributed by atoms with Gasteiger partial charge in [0.15, 0.2) is 0 Å². The lowest BCUT2D eigenvalue weighted by Gasteiger charge is -1.93. The number of nitrogens with one attached hydrogen (secondary N) is 1. The highest BCUT2D eigenvalue weighted by molar-refractivity contribution is 4.28. The Morgan fingerprint density at radius 3 is 2.89 bits per heavy atom. The Labute approximate surface area is 53.9 Å². The maximum Gasteiger partial charge on any atom is 0.244 e. The Balaban J connectivity index is 2.48. The summed E-state index contributed by atoms with van der Waals surface area (Å²) < 4.78 is 0. The molecular weight excluding hydrogens is 116 g/mol. The first-order valence-corrected chi connectivity index (χ1v) is 3.05. The second-order valence-corrected chi connectivity index (χ2v) is 2.42. The van der Waals surface area contributed by atoms with Gasteiger partial charge in [0, 0.05) is 0 Å². The molecule has 50 valence electrons. The van der Waals surface area contributed by atoms with Gasteiger partial charge in [-0.2, -0.15) is 0 Å². The van der Waals surface area contributed by atoms with E-state index in [2.05, 4.69) is 29.3 Å². The second kappa shape index (κ2) is 2.57. The minimum Gasteiger partial charge on any atom is -0.131 e. The minimum atomic E-state index is 0.603. The number of aromatic amines is 1. The van der Waals surface area contributed by atoms with Crippen LogP contribution in [0.2, 0.25) is 0 Å². The van der Waals surface area contributed by atoms with E-state index in [-0.39, 0.29) is 0 Å². The van der Waals surface area contributed by atoms with Gasteiger partial charge in [-0.3, -0.25) is 0 Å². The molecule has 1 aromatic heterocycles. The van der Waals surface area contributed by atoms with Crippen LogP contribution in [0.4, 0.5) is 0 Å². The van der Waals surface area contributed by atoms with Gasteiger partial charge in [0.1, 0.15) is 11.8 Å². The van der Waals surface area contributed by atoms with E-state index >= 15 is 0 Å². The molecule has 0 amide bonds. The van der Waals surface area contributed by atoms with E-state index in [1.165, 1.54) is 0 Å². The first-order valence-electron chi connectivity index (χ1n) is 3.05. The van der Waals surface area contributed by atoms with Gasteiger partial charge in [0.2, 0.25) is 6.33 Å². The van der Waals surface area contributed by atoms with Gasteiger partial charge in [-0.05, 0) is 15.8 Å². The van der Waals surface area contributed by atoms with Crippen molar-refractivity contribution in [2.24, 2.45) is 5.92 Å². The average molecular weight is 127 g/mol. The van der Waals surface area contributed by atoms with Gasteiger partial charge in [0.05, 0.1) is 0 Å². The summed E-state index contributed by atoms with van der Waals surface area (Å²) in [6, 6.07) is 0. The molecule has 0 saturated heterocycles. The molecule has 0 aliphatic heterocycles. The van der Waals surface area contributed by atoms with Crippen LogP contribution in [0.1, 0.15) is 13.8 Å². The van der Waals surface area contributed by atoms with E-state index in [0.29, 0.717) is 5.92 Å². The van der Waals surface area contributed by atoms with Crippen molar-refractivity contribution in [2.75, 3.05) is 0 Å². The topological polar surface area (TPSA) is 45.5 Å². The van der Waals surface area contributed by atoms with Crippen LogP contribution in [-0.4, -0.2) is 15.4 Å². The molecule has 1 rings (SSSR count). The maximum atomic E-state index is 3.91. The normalized spacial score (nSPS) is 10.6. The molecular formula is C5H11N4+. The Bertz CT molecular complexity index is 155. The number of nitrogens with zero attached hydrogens (tertiary/aromatic N) is 3. The average Bonchev–Trinajstić information content (AvgIpc) is 2.15. The number of tetrazole rings is 1. The van der Waals surface area contributed by atoms with Crippen LogP contribution in [0, 0.1) is 5.92 Å². The summed E-state index contributed by atoms with van der Waals surface area (Å²) in [5.41, 5.74) is 0. The monoisotopic (exact) mass is 127 g/mol. The fourth-order valence-electron chi connectivity index (χ4n) is 0.625. The molecule has 1 heterocycles. The third kappa shape index (κ3) is 1.79. The SMILES string of the molecule is CC(C)C[n+]1nc[nH]n1.